The highest BCUT2D eigenvalue weighted by atomic mass is 32.1. The molecule has 3 aromatic heterocycles. The second-order valence-corrected chi connectivity index (χ2v) is 8.69. The number of rotatable bonds is 6. The lowest BCUT2D eigenvalue weighted by atomic mass is 10.1. The van der Waals surface area contributed by atoms with Gasteiger partial charge in [0.15, 0.2) is 5.13 Å². The number of carbonyl (C=O) groups excluding carboxylic acids is 2. The quantitative estimate of drug-likeness (QED) is 0.647. The van der Waals surface area contributed by atoms with Gasteiger partial charge in [0.05, 0.1) is 23.0 Å². The second-order valence-electron chi connectivity index (χ2n) is 6.74. The van der Waals surface area contributed by atoms with E-state index in [9.17, 15) is 14.4 Å². The van der Waals surface area contributed by atoms with Crippen LogP contribution in [0.4, 0.5) is 5.13 Å². The molecule has 3 heterocycles. The number of amides is 2. The lowest BCUT2D eigenvalue weighted by molar-refractivity contribution is -0.119. The van der Waals surface area contributed by atoms with Crippen LogP contribution in [0.25, 0.3) is 10.6 Å². The Bertz CT molecular complexity index is 1090. The minimum atomic E-state index is -0.518. The van der Waals surface area contributed by atoms with Gasteiger partial charge in [0.1, 0.15) is 10.6 Å². The molecule has 152 valence electrons. The van der Waals surface area contributed by atoms with Crippen molar-refractivity contribution >= 4 is 39.6 Å². The zero-order valence-corrected chi connectivity index (χ0v) is 18.1. The van der Waals surface area contributed by atoms with Gasteiger partial charge < -0.3 is 10.2 Å². The van der Waals surface area contributed by atoms with E-state index in [4.69, 9.17) is 0 Å². The molecule has 0 aromatic carbocycles. The summed E-state index contributed by atoms with van der Waals surface area (Å²) in [6.07, 6.45) is 0. The van der Waals surface area contributed by atoms with Crippen LogP contribution in [0.15, 0.2) is 34.4 Å². The van der Waals surface area contributed by atoms with Crippen molar-refractivity contribution in [2.24, 2.45) is 5.92 Å². The molecule has 3 aromatic rings. The Kier molecular flexibility index (Phi) is 6.23. The highest BCUT2D eigenvalue weighted by molar-refractivity contribution is 7.17. The van der Waals surface area contributed by atoms with Crippen LogP contribution in [-0.4, -0.2) is 45.6 Å². The van der Waals surface area contributed by atoms with Crippen LogP contribution < -0.4 is 10.9 Å². The maximum absolute atomic E-state index is 12.6. The van der Waals surface area contributed by atoms with Crippen molar-refractivity contribution in [2.75, 3.05) is 19.4 Å². The molecule has 0 saturated heterocycles. The summed E-state index contributed by atoms with van der Waals surface area (Å²) in [6, 6.07) is 6.97. The standard InChI is InChI=1S/C19H21N5O3S2/c1-11(10-24-15(25)8-7-13(22-24)14-6-5-9-28-14)17(26)21-19-20-12(2)16(29-19)18(27)23(3)4/h5-9,11H,10H2,1-4H3,(H,20,21,26)/t11-/m0/s1. The molecular formula is C19H21N5O3S2. The van der Waals surface area contributed by atoms with E-state index in [1.54, 1.807) is 34.0 Å². The number of nitrogens with zero attached hydrogens (tertiary/aromatic N) is 4. The first-order valence-electron chi connectivity index (χ1n) is 8.88. The Labute approximate surface area is 175 Å². The third-order valence-corrected chi connectivity index (χ3v) is 6.12. The predicted octanol–water partition coefficient (Wildman–Crippen LogP) is 2.71. The number of hydrogen-bond donors (Lipinski definition) is 1. The summed E-state index contributed by atoms with van der Waals surface area (Å²) in [4.78, 5) is 44.1. The third-order valence-electron chi connectivity index (χ3n) is 4.16. The van der Waals surface area contributed by atoms with Gasteiger partial charge in [0.25, 0.3) is 11.5 Å². The van der Waals surface area contributed by atoms with Gasteiger partial charge in [-0.25, -0.2) is 9.67 Å². The average Bonchev–Trinajstić information content (AvgIpc) is 3.32. The van der Waals surface area contributed by atoms with Crippen molar-refractivity contribution in [1.29, 1.82) is 0 Å². The van der Waals surface area contributed by atoms with Crippen molar-refractivity contribution < 1.29 is 9.59 Å². The Hall–Kier alpha value is -2.85. The summed E-state index contributed by atoms with van der Waals surface area (Å²) < 4.78 is 1.30. The lowest BCUT2D eigenvalue weighted by Gasteiger charge is -2.12. The molecule has 0 aliphatic heterocycles. The number of nitrogens with one attached hydrogen (secondary N) is 1. The third kappa shape index (κ3) is 4.77. The summed E-state index contributed by atoms with van der Waals surface area (Å²) in [5, 5.41) is 9.41. The molecule has 2 amide bonds. The van der Waals surface area contributed by atoms with E-state index in [1.165, 1.54) is 27.0 Å². The first-order chi connectivity index (χ1) is 13.8. The minimum Gasteiger partial charge on any atom is -0.344 e. The number of carbonyl (C=O) groups is 2. The van der Waals surface area contributed by atoms with E-state index in [0.29, 0.717) is 21.4 Å². The maximum atomic E-state index is 12.6. The van der Waals surface area contributed by atoms with Gasteiger partial charge in [-0.05, 0) is 24.4 Å². The fraction of sp³-hybridized carbons (Fsp3) is 0.316. The smallest absolute Gasteiger partial charge is 0.266 e. The molecule has 8 nitrogen and oxygen atoms in total. The van der Waals surface area contributed by atoms with Crippen LogP contribution in [0.1, 0.15) is 22.3 Å². The molecule has 29 heavy (non-hydrogen) atoms. The van der Waals surface area contributed by atoms with Gasteiger partial charge in [-0.3, -0.25) is 14.4 Å². The van der Waals surface area contributed by atoms with Crippen molar-refractivity contribution in [3.05, 3.63) is 50.6 Å². The van der Waals surface area contributed by atoms with E-state index >= 15 is 0 Å². The summed E-state index contributed by atoms with van der Waals surface area (Å²) in [7, 11) is 3.33. The SMILES string of the molecule is Cc1nc(NC(=O)[C@@H](C)Cn2nc(-c3cccs3)ccc2=O)sc1C(=O)N(C)C. The number of aromatic nitrogens is 3. The molecule has 0 fully saturated rings. The number of aryl methyl sites for hydroxylation is 1. The van der Waals surface area contributed by atoms with Crippen molar-refractivity contribution in [1.82, 2.24) is 19.7 Å². The number of anilines is 1. The zero-order chi connectivity index (χ0) is 21.1. The van der Waals surface area contributed by atoms with Crippen LogP contribution in [0.2, 0.25) is 0 Å². The highest BCUT2D eigenvalue weighted by Crippen LogP contribution is 2.24. The Morgan fingerprint density at radius 3 is 2.69 bits per heavy atom. The van der Waals surface area contributed by atoms with Gasteiger partial charge in [-0.2, -0.15) is 5.10 Å². The summed E-state index contributed by atoms with van der Waals surface area (Å²) >= 11 is 2.67. The number of thiazole rings is 1. The van der Waals surface area contributed by atoms with Gasteiger partial charge in [0.2, 0.25) is 5.91 Å². The molecule has 0 radical (unpaired) electrons. The molecular weight excluding hydrogens is 410 g/mol. The van der Waals surface area contributed by atoms with Crippen LogP contribution >= 0.6 is 22.7 Å². The maximum Gasteiger partial charge on any atom is 0.266 e. The van der Waals surface area contributed by atoms with Gasteiger partial charge >= 0.3 is 0 Å². The van der Waals surface area contributed by atoms with E-state index in [0.717, 1.165) is 16.2 Å². The first kappa shape index (κ1) is 20.9. The van der Waals surface area contributed by atoms with Crippen LogP contribution in [0, 0.1) is 12.8 Å². The lowest BCUT2D eigenvalue weighted by Crippen LogP contribution is -2.30. The Balaban J connectivity index is 1.72. The molecule has 1 atom stereocenters. The molecule has 0 unspecified atom stereocenters. The largest absolute Gasteiger partial charge is 0.344 e. The topological polar surface area (TPSA) is 97.2 Å². The van der Waals surface area contributed by atoms with E-state index < -0.39 is 5.92 Å². The molecule has 0 aliphatic rings. The molecule has 1 N–H and O–H groups in total. The fourth-order valence-corrected chi connectivity index (χ4v) is 4.24. The van der Waals surface area contributed by atoms with E-state index in [-0.39, 0.29) is 23.9 Å². The highest BCUT2D eigenvalue weighted by Gasteiger charge is 2.21. The second kappa shape index (κ2) is 8.66. The fourth-order valence-electron chi connectivity index (χ4n) is 2.56. The first-order valence-corrected chi connectivity index (χ1v) is 10.6. The minimum absolute atomic E-state index is 0.137. The number of hydrogen-bond acceptors (Lipinski definition) is 7. The molecule has 3 rings (SSSR count). The van der Waals surface area contributed by atoms with E-state index in [2.05, 4.69) is 15.4 Å². The predicted molar refractivity (Wildman–Crippen MR) is 114 cm³/mol. The zero-order valence-electron chi connectivity index (χ0n) is 16.5. The number of thiophene rings is 1. The normalized spacial score (nSPS) is 11.9. The van der Waals surface area contributed by atoms with Gasteiger partial charge in [0, 0.05) is 20.2 Å². The van der Waals surface area contributed by atoms with Crippen LogP contribution in [0.5, 0.6) is 0 Å². The molecule has 0 aliphatic carbocycles. The van der Waals surface area contributed by atoms with Crippen LogP contribution in [-0.2, 0) is 11.3 Å². The monoisotopic (exact) mass is 431 g/mol. The molecule has 0 saturated carbocycles. The molecule has 10 heteroatoms. The Morgan fingerprint density at radius 1 is 1.28 bits per heavy atom. The summed E-state index contributed by atoms with van der Waals surface area (Å²) in [5.74, 6) is -0.969. The van der Waals surface area contributed by atoms with Crippen molar-refractivity contribution in [2.45, 2.75) is 20.4 Å². The Morgan fingerprint density at radius 2 is 2.03 bits per heavy atom. The van der Waals surface area contributed by atoms with Gasteiger partial charge in [-0.1, -0.05) is 24.3 Å². The average molecular weight is 432 g/mol. The summed E-state index contributed by atoms with van der Waals surface area (Å²) in [5.41, 5.74) is 0.988. The van der Waals surface area contributed by atoms with E-state index in [1.807, 2.05) is 17.5 Å². The van der Waals surface area contributed by atoms with Crippen molar-refractivity contribution in [3.63, 3.8) is 0 Å². The molecule has 0 spiro atoms. The van der Waals surface area contributed by atoms with Gasteiger partial charge in [-0.15, -0.1) is 11.3 Å². The van der Waals surface area contributed by atoms with Crippen LogP contribution in [0.3, 0.4) is 0 Å². The molecule has 0 bridgehead atoms. The van der Waals surface area contributed by atoms with Crippen molar-refractivity contribution in [3.8, 4) is 10.6 Å². The summed E-state index contributed by atoms with van der Waals surface area (Å²) in [6.45, 7) is 3.58.